The van der Waals surface area contributed by atoms with Crippen LogP contribution in [0.25, 0.3) is 0 Å². The summed E-state index contributed by atoms with van der Waals surface area (Å²) in [7, 11) is 0. The summed E-state index contributed by atoms with van der Waals surface area (Å²) in [4.78, 5) is 25.8. The second-order valence-corrected chi connectivity index (χ2v) is 9.64. The summed E-state index contributed by atoms with van der Waals surface area (Å²) >= 11 is 3.43. The Kier molecular flexibility index (Phi) is 9.60. The van der Waals surface area contributed by atoms with E-state index in [1.54, 1.807) is 22.0 Å². The van der Waals surface area contributed by atoms with E-state index in [2.05, 4.69) is 36.2 Å². The van der Waals surface area contributed by atoms with Crippen LogP contribution >= 0.6 is 15.9 Å². The quantitative estimate of drug-likeness (QED) is 0.471. The molecule has 1 saturated heterocycles. The fourth-order valence-corrected chi connectivity index (χ4v) is 4.34. The van der Waals surface area contributed by atoms with E-state index in [-0.39, 0.29) is 23.6 Å². The van der Waals surface area contributed by atoms with Crippen LogP contribution in [0.4, 0.5) is 20.7 Å². The Morgan fingerprint density at radius 2 is 1.97 bits per heavy atom. The molecular formula is C24H31BrFN7O. The number of nitrogens with one attached hydrogen (secondary N) is 1. The van der Waals surface area contributed by atoms with Crippen molar-refractivity contribution in [2.45, 2.75) is 39.5 Å². The first-order valence-electron chi connectivity index (χ1n) is 11.6. The number of urea groups is 1. The van der Waals surface area contributed by atoms with E-state index in [9.17, 15) is 14.4 Å². The van der Waals surface area contributed by atoms with Crippen molar-refractivity contribution in [2.24, 2.45) is 5.92 Å². The number of amides is 2. The molecule has 34 heavy (non-hydrogen) atoms. The van der Waals surface area contributed by atoms with Crippen LogP contribution in [0.15, 0.2) is 34.9 Å². The number of likely N-dealkylation sites (tertiary alicyclic amines) is 1. The highest BCUT2D eigenvalue weighted by molar-refractivity contribution is 9.10. The maximum absolute atomic E-state index is 13.6. The van der Waals surface area contributed by atoms with Crippen molar-refractivity contribution in [3.8, 4) is 6.07 Å². The summed E-state index contributed by atoms with van der Waals surface area (Å²) in [6, 6.07) is 7.51. The normalized spacial score (nSPS) is 14.0. The first-order valence-corrected chi connectivity index (χ1v) is 12.4. The van der Waals surface area contributed by atoms with Crippen LogP contribution in [0.3, 0.4) is 0 Å². The average molecular weight is 532 g/mol. The molecular weight excluding hydrogens is 501 g/mol. The number of hydrazine groups is 1. The highest BCUT2D eigenvalue weighted by Gasteiger charge is 2.22. The number of halogens is 2. The summed E-state index contributed by atoms with van der Waals surface area (Å²) in [5.41, 5.74) is 3.55. The van der Waals surface area contributed by atoms with Crippen LogP contribution in [-0.2, 0) is 0 Å². The van der Waals surface area contributed by atoms with Crippen LogP contribution < -0.4 is 15.3 Å². The molecule has 1 aliphatic rings. The molecule has 3 rings (SSSR count). The monoisotopic (exact) mass is 531 g/mol. The van der Waals surface area contributed by atoms with Crippen LogP contribution in [0.1, 0.15) is 45.4 Å². The first kappa shape index (κ1) is 25.8. The average Bonchev–Trinajstić information content (AvgIpc) is 2.83. The topological polar surface area (TPSA) is 88.4 Å². The summed E-state index contributed by atoms with van der Waals surface area (Å²) in [5.74, 6) is 0.262. The third-order valence-corrected chi connectivity index (χ3v) is 6.11. The van der Waals surface area contributed by atoms with Crippen LogP contribution in [0.5, 0.6) is 0 Å². The molecule has 8 nitrogen and oxygen atoms in total. The molecule has 0 bridgehead atoms. The molecule has 1 fully saturated rings. The minimum Gasteiger partial charge on any atom is -0.303 e. The minimum absolute atomic E-state index is 0.0122. The van der Waals surface area contributed by atoms with E-state index in [0.717, 1.165) is 26.1 Å². The third-order valence-electron chi connectivity index (χ3n) is 5.55. The smallest absolute Gasteiger partial charge is 0.303 e. The van der Waals surface area contributed by atoms with E-state index in [0.29, 0.717) is 29.1 Å². The van der Waals surface area contributed by atoms with E-state index >= 15 is 0 Å². The Balaban J connectivity index is 1.79. The van der Waals surface area contributed by atoms with Gasteiger partial charge < -0.3 is 4.90 Å². The number of carbonyl (C=O) groups excluding carboxylic acids is 1. The zero-order valence-electron chi connectivity index (χ0n) is 19.7. The Morgan fingerprint density at radius 3 is 2.62 bits per heavy atom. The van der Waals surface area contributed by atoms with Gasteiger partial charge in [-0.1, -0.05) is 20.3 Å². The second-order valence-electron chi connectivity index (χ2n) is 8.78. The number of rotatable bonds is 9. The van der Waals surface area contributed by atoms with E-state index in [1.165, 1.54) is 37.6 Å². The number of benzene rings is 1. The number of hydrogen-bond acceptors (Lipinski definition) is 6. The van der Waals surface area contributed by atoms with Gasteiger partial charge in [-0.2, -0.15) is 10.2 Å². The van der Waals surface area contributed by atoms with Crippen molar-refractivity contribution in [2.75, 3.05) is 42.6 Å². The zero-order valence-corrected chi connectivity index (χ0v) is 21.3. The molecule has 10 heteroatoms. The fraction of sp³-hybridized carbons (Fsp3) is 0.500. The van der Waals surface area contributed by atoms with Gasteiger partial charge in [0.25, 0.3) is 0 Å². The van der Waals surface area contributed by atoms with Gasteiger partial charge in [-0.3, -0.25) is 9.91 Å². The minimum atomic E-state index is -0.354. The Morgan fingerprint density at radius 1 is 1.26 bits per heavy atom. The fourth-order valence-electron chi connectivity index (χ4n) is 3.93. The molecule has 1 N–H and O–H groups in total. The predicted octanol–water partition coefficient (Wildman–Crippen LogP) is 4.72. The van der Waals surface area contributed by atoms with Gasteiger partial charge in [-0.05, 0) is 85.0 Å². The number of carbonyl (C=O) groups is 1. The highest BCUT2D eigenvalue weighted by Crippen LogP contribution is 2.23. The SMILES string of the molecule is CC(C)CN(NC(=O)N(CCCN1CCCCC1)c1ccc(F)cc1)c1nc(C#N)ncc1Br. The van der Waals surface area contributed by atoms with Crippen molar-refractivity contribution in [1.29, 1.82) is 5.26 Å². The van der Waals surface area contributed by atoms with Gasteiger partial charge in [0.05, 0.1) is 4.47 Å². The van der Waals surface area contributed by atoms with Crippen molar-refractivity contribution in [3.05, 3.63) is 46.6 Å². The molecule has 0 unspecified atom stereocenters. The van der Waals surface area contributed by atoms with E-state index < -0.39 is 0 Å². The van der Waals surface area contributed by atoms with Crippen LogP contribution in [0, 0.1) is 23.1 Å². The molecule has 1 aliphatic heterocycles. The van der Waals surface area contributed by atoms with Crippen molar-refractivity contribution in [1.82, 2.24) is 20.3 Å². The first-order chi connectivity index (χ1) is 16.4. The van der Waals surface area contributed by atoms with Crippen LogP contribution in [-0.4, -0.2) is 53.6 Å². The van der Waals surface area contributed by atoms with Crippen molar-refractivity contribution in [3.63, 3.8) is 0 Å². The van der Waals surface area contributed by atoms with Gasteiger partial charge in [0, 0.05) is 25.0 Å². The molecule has 1 aromatic carbocycles. The number of nitrogens with zero attached hydrogens (tertiary/aromatic N) is 6. The lowest BCUT2D eigenvalue weighted by Crippen LogP contribution is -2.51. The van der Waals surface area contributed by atoms with E-state index in [4.69, 9.17) is 0 Å². The molecule has 0 radical (unpaired) electrons. The molecule has 1 aromatic heterocycles. The molecule has 0 aliphatic carbocycles. The maximum Gasteiger partial charge on any atom is 0.340 e. The third kappa shape index (κ3) is 7.37. The standard InChI is InChI=1S/C24H31BrFN7O/c1-18(2)17-33(23-21(25)16-28-22(15-27)29-23)30-24(34)32(20-9-7-19(26)8-10-20)14-6-13-31-11-4-3-5-12-31/h7-10,16,18H,3-6,11-14,17H2,1-2H3,(H,30,34). The maximum atomic E-state index is 13.6. The van der Waals surface area contributed by atoms with Gasteiger partial charge in [-0.25, -0.2) is 19.6 Å². The molecule has 2 aromatic rings. The molecule has 0 spiro atoms. The lowest BCUT2D eigenvalue weighted by Gasteiger charge is -2.32. The number of piperidine rings is 1. The number of anilines is 2. The lowest BCUT2D eigenvalue weighted by molar-refractivity contribution is 0.225. The lowest BCUT2D eigenvalue weighted by atomic mass is 10.1. The second kappa shape index (κ2) is 12.6. The Bertz CT molecular complexity index is 990. The van der Waals surface area contributed by atoms with Gasteiger partial charge in [0.2, 0.25) is 5.82 Å². The number of hydrogen-bond donors (Lipinski definition) is 1. The van der Waals surface area contributed by atoms with Gasteiger partial charge in [0.15, 0.2) is 5.82 Å². The predicted molar refractivity (Wildman–Crippen MR) is 134 cm³/mol. The molecule has 0 atom stereocenters. The van der Waals surface area contributed by atoms with Crippen molar-refractivity contribution < 1.29 is 9.18 Å². The molecule has 0 saturated carbocycles. The summed E-state index contributed by atoms with van der Waals surface area (Å²) in [6.45, 7) is 8.09. The van der Waals surface area contributed by atoms with E-state index in [1.807, 2.05) is 19.9 Å². The molecule has 2 amide bonds. The summed E-state index contributed by atoms with van der Waals surface area (Å²) in [5, 5.41) is 10.8. The molecule has 2 heterocycles. The largest absolute Gasteiger partial charge is 0.340 e. The van der Waals surface area contributed by atoms with Gasteiger partial charge in [0.1, 0.15) is 11.9 Å². The highest BCUT2D eigenvalue weighted by atomic mass is 79.9. The van der Waals surface area contributed by atoms with Gasteiger partial charge >= 0.3 is 6.03 Å². The van der Waals surface area contributed by atoms with Gasteiger partial charge in [-0.15, -0.1) is 0 Å². The van der Waals surface area contributed by atoms with Crippen LogP contribution in [0.2, 0.25) is 0 Å². The summed E-state index contributed by atoms with van der Waals surface area (Å²) < 4.78 is 14.1. The number of nitriles is 1. The molecule has 182 valence electrons. The number of aromatic nitrogens is 2. The Labute approximate surface area is 208 Å². The Hall–Kier alpha value is -2.77. The zero-order chi connectivity index (χ0) is 24.5. The summed E-state index contributed by atoms with van der Waals surface area (Å²) in [6.07, 6.45) is 6.00. The van der Waals surface area contributed by atoms with Crippen molar-refractivity contribution >= 4 is 33.5 Å².